The number of nitrogens with one attached hydrogen (secondary N) is 1. The summed E-state index contributed by atoms with van der Waals surface area (Å²) in [5.74, 6) is 0.710. The summed E-state index contributed by atoms with van der Waals surface area (Å²) in [6.07, 6.45) is 12.2. The maximum atomic E-state index is 3.60. The van der Waals surface area contributed by atoms with Crippen LogP contribution in [-0.4, -0.2) is 37.6 Å². The van der Waals surface area contributed by atoms with Crippen LogP contribution in [0.5, 0.6) is 0 Å². The molecule has 0 amide bonds. The topological polar surface area (TPSA) is 15.3 Å². The summed E-state index contributed by atoms with van der Waals surface area (Å²) in [6, 6.07) is 0. The largest absolute Gasteiger partial charge is 0.315 e. The molecule has 1 aliphatic heterocycles. The highest BCUT2D eigenvalue weighted by molar-refractivity contribution is 5.18. The second-order valence-corrected chi connectivity index (χ2v) is 5.47. The fraction of sp³-hybridized carbons (Fsp3) is 0.778. The van der Waals surface area contributed by atoms with Crippen molar-refractivity contribution in [3.05, 3.63) is 23.8 Å². The quantitative estimate of drug-likeness (QED) is 0.747. The van der Waals surface area contributed by atoms with Crippen LogP contribution in [0.3, 0.4) is 0 Å². The van der Waals surface area contributed by atoms with Crippen LogP contribution in [0.1, 0.15) is 55.3 Å². The Morgan fingerprint density at radius 2 is 1.95 bits per heavy atom. The molecular weight excluding hydrogens is 244 g/mol. The summed E-state index contributed by atoms with van der Waals surface area (Å²) < 4.78 is 0. The predicted octanol–water partition coefficient (Wildman–Crippen LogP) is 4.49. The van der Waals surface area contributed by atoms with Crippen molar-refractivity contribution in [3.8, 4) is 0 Å². The third kappa shape index (κ3) is 7.86. The van der Waals surface area contributed by atoms with Gasteiger partial charge < -0.3 is 10.2 Å². The van der Waals surface area contributed by atoms with E-state index in [0.29, 0.717) is 5.92 Å². The normalized spacial score (nSPS) is 22.4. The van der Waals surface area contributed by atoms with Gasteiger partial charge in [0.1, 0.15) is 0 Å². The molecule has 0 aromatic rings. The summed E-state index contributed by atoms with van der Waals surface area (Å²) in [4.78, 5) is 2.60. The number of hydrogen-bond donors (Lipinski definition) is 1. The Labute approximate surface area is 128 Å². The molecular formula is C18H38N2. The van der Waals surface area contributed by atoms with Crippen molar-refractivity contribution >= 4 is 0 Å². The summed E-state index contributed by atoms with van der Waals surface area (Å²) in [5, 5.41) is 3.60. The monoisotopic (exact) mass is 282 g/mol. The van der Waals surface area contributed by atoms with E-state index in [1.54, 1.807) is 0 Å². The van der Waals surface area contributed by atoms with E-state index in [2.05, 4.69) is 35.4 Å². The van der Waals surface area contributed by atoms with E-state index in [4.69, 9.17) is 0 Å². The van der Waals surface area contributed by atoms with Crippen molar-refractivity contribution in [1.29, 1.82) is 0 Å². The van der Waals surface area contributed by atoms with Gasteiger partial charge in [-0.1, -0.05) is 51.5 Å². The van der Waals surface area contributed by atoms with Gasteiger partial charge in [-0.2, -0.15) is 0 Å². The first kappa shape index (κ1) is 19.4. The number of hydrogen-bond acceptors (Lipinski definition) is 2. The van der Waals surface area contributed by atoms with Gasteiger partial charge in [0.15, 0.2) is 0 Å². The molecule has 2 rings (SSSR count). The Hall–Kier alpha value is -0.600. The second-order valence-electron chi connectivity index (χ2n) is 5.47. The third-order valence-electron chi connectivity index (χ3n) is 3.81. The minimum absolute atomic E-state index is 0. The molecule has 1 atom stereocenters. The maximum Gasteiger partial charge on any atom is 0.0107 e. The molecule has 120 valence electrons. The SMILES string of the molecule is C.CC.CC1=CC=CC(CNCCN2CCCCC2)C1.[HH]. The molecule has 0 aromatic carbocycles. The van der Waals surface area contributed by atoms with Crippen molar-refractivity contribution in [2.24, 2.45) is 5.92 Å². The molecule has 0 radical (unpaired) electrons. The van der Waals surface area contributed by atoms with Gasteiger partial charge in [-0.15, -0.1) is 0 Å². The molecule has 0 saturated carbocycles. The summed E-state index contributed by atoms with van der Waals surface area (Å²) in [6.45, 7) is 12.4. The molecule has 2 aliphatic rings. The van der Waals surface area contributed by atoms with Crippen LogP contribution in [-0.2, 0) is 0 Å². The van der Waals surface area contributed by atoms with Crippen molar-refractivity contribution < 1.29 is 1.43 Å². The van der Waals surface area contributed by atoms with Gasteiger partial charge in [0.05, 0.1) is 0 Å². The maximum absolute atomic E-state index is 3.60. The number of rotatable bonds is 5. The average Bonchev–Trinajstić information content (AvgIpc) is 2.47. The molecule has 0 spiro atoms. The van der Waals surface area contributed by atoms with Crippen LogP contribution in [0.4, 0.5) is 0 Å². The summed E-state index contributed by atoms with van der Waals surface area (Å²) in [7, 11) is 0. The highest BCUT2D eigenvalue weighted by Crippen LogP contribution is 2.16. The van der Waals surface area contributed by atoms with Crippen molar-refractivity contribution in [1.82, 2.24) is 10.2 Å². The van der Waals surface area contributed by atoms with Gasteiger partial charge in [-0.3, -0.25) is 0 Å². The van der Waals surface area contributed by atoms with E-state index in [0.717, 1.165) is 13.1 Å². The number of nitrogens with zero attached hydrogens (tertiary/aromatic N) is 1. The van der Waals surface area contributed by atoms with Crippen LogP contribution in [0.25, 0.3) is 0 Å². The molecule has 2 nitrogen and oxygen atoms in total. The fourth-order valence-corrected chi connectivity index (χ4v) is 2.77. The Morgan fingerprint density at radius 1 is 1.25 bits per heavy atom. The number of piperidine rings is 1. The highest BCUT2D eigenvalue weighted by Gasteiger charge is 2.10. The van der Waals surface area contributed by atoms with Crippen LogP contribution in [0.2, 0.25) is 0 Å². The Morgan fingerprint density at radius 3 is 2.60 bits per heavy atom. The van der Waals surface area contributed by atoms with Gasteiger partial charge in [-0.25, -0.2) is 0 Å². The zero-order valence-corrected chi connectivity index (χ0v) is 13.1. The van der Waals surface area contributed by atoms with Crippen LogP contribution >= 0.6 is 0 Å². The molecule has 2 heteroatoms. The fourth-order valence-electron chi connectivity index (χ4n) is 2.77. The molecule has 1 heterocycles. The lowest BCUT2D eigenvalue weighted by Gasteiger charge is -2.26. The average molecular weight is 283 g/mol. The van der Waals surface area contributed by atoms with E-state index in [1.165, 1.54) is 50.9 Å². The van der Waals surface area contributed by atoms with Crippen molar-refractivity contribution in [2.75, 3.05) is 32.7 Å². The lowest BCUT2D eigenvalue weighted by molar-refractivity contribution is 0.228. The standard InChI is InChI=1S/C15H26N2.C2H6.CH4.H2/c1-14-6-5-7-15(12-14)13-16-8-11-17-9-3-2-4-10-17;1-2;;/h5-7,15-16H,2-4,8-13H2,1H3;1-2H3;1H4;1H. The van der Waals surface area contributed by atoms with Crippen molar-refractivity contribution in [2.45, 2.75) is 53.9 Å². The predicted molar refractivity (Wildman–Crippen MR) is 94.4 cm³/mol. The highest BCUT2D eigenvalue weighted by atomic mass is 15.1. The number of likely N-dealkylation sites (tertiary alicyclic amines) is 1. The molecule has 1 saturated heterocycles. The first-order chi connectivity index (χ1) is 9.34. The van der Waals surface area contributed by atoms with Crippen LogP contribution in [0.15, 0.2) is 23.8 Å². The lowest BCUT2D eigenvalue weighted by atomic mass is 9.95. The molecule has 20 heavy (non-hydrogen) atoms. The van der Waals surface area contributed by atoms with E-state index in [1.807, 2.05) is 13.8 Å². The van der Waals surface area contributed by atoms with E-state index in [9.17, 15) is 0 Å². The lowest BCUT2D eigenvalue weighted by Crippen LogP contribution is -2.37. The van der Waals surface area contributed by atoms with Gasteiger partial charge >= 0.3 is 0 Å². The van der Waals surface area contributed by atoms with Crippen LogP contribution < -0.4 is 5.32 Å². The van der Waals surface area contributed by atoms with Gasteiger partial charge in [0.25, 0.3) is 0 Å². The molecule has 1 N–H and O–H groups in total. The minimum atomic E-state index is 0. The third-order valence-corrected chi connectivity index (χ3v) is 3.81. The summed E-state index contributed by atoms with van der Waals surface area (Å²) >= 11 is 0. The first-order valence-electron chi connectivity index (χ1n) is 8.11. The molecule has 1 unspecified atom stereocenters. The second kappa shape index (κ2) is 12.2. The smallest absolute Gasteiger partial charge is 0.0107 e. The zero-order valence-electron chi connectivity index (χ0n) is 13.1. The zero-order chi connectivity index (χ0) is 13.9. The van der Waals surface area contributed by atoms with Crippen LogP contribution in [0, 0.1) is 5.92 Å². The van der Waals surface area contributed by atoms with E-state index < -0.39 is 0 Å². The van der Waals surface area contributed by atoms with Gasteiger partial charge in [-0.05, 0) is 45.2 Å². The first-order valence-corrected chi connectivity index (χ1v) is 8.11. The minimum Gasteiger partial charge on any atom is -0.315 e. The van der Waals surface area contributed by atoms with Crippen molar-refractivity contribution in [3.63, 3.8) is 0 Å². The molecule has 1 fully saturated rings. The number of allylic oxidation sites excluding steroid dienone is 3. The van der Waals surface area contributed by atoms with Gasteiger partial charge in [0.2, 0.25) is 0 Å². The molecule has 1 aliphatic carbocycles. The van der Waals surface area contributed by atoms with E-state index in [-0.39, 0.29) is 8.85 Å². The van der Waals surface area contributed by atoms with Gasteiger partial charge in [0, 0.05) is 21.1 Å². The molecule has 0 bridgehead atoms. The summed E-state index contributed by atoms with van der Waals surface area (Å²) in [5.41, 5.74) is 1.51. The Bertz CT molecular complexity index is 281. The molecule has 0 aromatic heterocycles. The Kier molecular flexibility index (Phi) is 11.8. The van der Waals surface area contributed by atoms with E-state index >= 15 is 0 Å². The Balaban J connectivity index is 0.